The molecule has 0 nitrogen and oxygen atoms in total. The average molecular weight is 317 g/mol. The second-order valence-corrected chi connectivity index (χ2v) is 8.26. The quantitative estimate of drug-likeness (QED) is 0.575. The third-order valence-electron chi connectivity index (χ3n) is 6.57. The molecule has 0 spiro atoms. The van der Waals surface area contributed by atoms with Gasteiger partial charge in [0.15, 0.2) is 0 Å². The molecule has 1 heteroatoms. The number of aryl methyl sites for hydroxylation is 2. The Bertz CT molecular complexity index is 482. The molecule has 0 aromatic heterocycles. The van der Waals surface area contributed by atoms with Crippen molar-refractivity contribution in [3.05, 3.63) is 34.6 Å². The molecule has 1 aromatic rings. The van der Waals surface area contributed by atoms with E-state index >= 15 is 0 Å². The highest BCUT2D eigenvalue weighted by atomic mass is 19.1. The molecule has 0 N–H and O–H groups in total. The Morgan fingerprint density at radius 3 is 2.17 bits per heavy atom. The molecule has 0 heterocycles. The second kappa shape index (κ2) is 7.81. The second-order valence-electron chi connectivity index (χ2n) is 8.26. The molecule has 23 heavy (non-hydrogen) atoms. The van der Waals surface area contributed by atoms with E-state index in [1.807, 2.05) is 6.92 Å². The van der Waals surface area contributed by atoms with E-state index in [-0.39, 0.29) is 5.82 Å². The number of hydrogen-bond donors (Lipinski definition) is 0. The lowest BCUT2D eigenvalue weighted by Crippen LogP contribution is -2.23. The van der Waals surface area contributed by atoms with Gasteiger partial charge in [-0.1, -0.05) is 51.0 Å². The minimum atomic E-state index is 0.0124. The highest BCUT2D eigenvalue weighted by molar-refractivity contribution is 5.32. The Labute approximate surface area is 141 Å². The van der Waals surface area contributed by atoms with Gasteiger partial charge in [0.1, 0.15) is 5.82 Å². The molecule has 0 radical (unpaired) electrons. The fourth-order valence-corrected chi connectivity index (χ4v) is 5.16. The van der Waals surface area contributed by atoms with Crippen LogP contribution in [0, 0.1) is 37.4 Å². The van der Waals surface area contributed by atoms with Crippen LogP contribution in [0.15, 0.2) is 12.1 Å². The van der Waals surface area contributed by atoms with Crippen LogP contribution in [0.1, 0.15) is 80.9 Å². The Morgan fingerprint density at radius 2 is 1.52 bits per heavy atom. The van der Waals surface area contributed by atoms with E-state index in [2.05, 4.69) is 13.0 Å². The zero-order valence-corrected chi connectivity index (χ0v) is 15.0. The monoisotopic (exact) mass is 316 g/mol. The van der Waals surface area contributed by atoms with E-state index in [0.717, 1.165) is 40.9 Å². The van der Waals surface area contributed by atoms with Crippen LogP contribution in [0.3, 0.4) is 0 Å². The van der Waals surface area contributed by atoms with Crippen molar-refractivity contribution < 1.29 is 4.39 Å². The van der Waals surface area contributed by atoms with Crippen LogP contribution in [0.25, 0.3) is 0 Å². The van der Waals surface area contributed by atoms with Crippen LogP contribution in [-0.4, -0.2) is 0 Å². The summed E-state index contributed by atoms with van der Waals surface area (Å²) >= 11 is 0. The van der Waals surface area contributed by atoms with Crippen LogP contribution in [0.2, 0.25) is 0 Å². The third kappa shape index (κ3) is 4.37. The summed E-state index contributed by atoms with van der Waals surface area (Å²) in [5.41, 5.74) is 3.14. The summed E-state index contributed by atoms with van der Waals surface area (Å²) in [7, 11) is 0. The van der Waals surface area contributed by atoms with E-state index in [1.54, 1.807) is 6.07 Å². The SMILES string of the molecule is Cc1cc(C)c(CCC2CCC(C3CCCCC3)CC2)c(F)c1. The van der Waals surface area contributed by atoms with Crippen molar-refractivity contribution >= 4 is 0 Å². The lowest BCUT2D eigenvalue weighted by Gasteiger charge is -2.36. The van der Waals surface area contributed by atoms with Gasteiger partial charge in [-0.05, 0) is 80.0 Å². The molecule has 1 aromatic carbocycles. The molecule has 0 bridgehead atoms. The molecule has 128 valence electrons. The first-order valence-electron chi connectivity index (χ1n) is 9.89. The van der Waals surface area contributed by atoms with Gasteiger partial charge in [0.2, 0.25) is 0 Å². The summed E-state index contributed by atoms with van der Waals surface area (Å²) in [6.07, 6.45) is 15.1. The van der Waals surface area contributed by atoms with E-state index in [1.165, 1.54) is 64.2 Å². The van der Waals surface area contributed by atoms with Gasteiger partial charge in [-0.2, -0.15) is 0 Å². The van der Waals surface area contributed by atoms with Crippen molar-refractivity contribution in [1.82, 2.24) is 0 Å². The maximum atomic E-state index is 14.2. The zero-order chi connectivity index (χ0) is 16.2. The molecule has 0 atom stereocenters. The number of hydrogen-bond acceptors (Lipinski definition) is 0. The Hall–Kier alpha value is -0.850. The number of benzene rings is 1. The number of rotatable bonds is 4. The molecule has 0 amide bonds. The summed E-state index contributed by atoms with van der Waals surface area (Å²) < 4.78 is 14.2. The van der Waals surface area contributed by atoms with E-state index in [9.17, 15) is 4.39 Å². The fraction of sp³-hybridized carbons (Fsp3) is 0.727. The maximum absolute atomic E-state index is 14.2. The van der Waals surface area contributed by atoms with Gasteiger partial charge in [0, 0.05) is 0 Å². The Balaban J connectivity index is 1.48. The van der Waals surface area contributed by atoms with E-state index in [4.69, 9.17) is 0 Å². The lowest BCUT2D eigenvalue weighted by molar-refractivity contribution is 0.163. The van der Waals surface area contributed by atoms with Crippen molar-refractivity contribution in [3.8, 4) is 0 Å². The van der Waals surface area contributed by atoms with Gasteiger partial charge in [-0.25, -0.2) is 4.39 Å². The maximum Gasteiger partial charge on any atom is 0.126 e. The molecule has 0 unspecified atom stereocenters. The van der Waals surface area contributed by atoms with Crippen LogP contribution < -0.4 is 0 Å². The van der Waals surface area contributed by atoms with Crippen molar-refractivity contribution in [3.63, 3.8) is 0 Å². The predicted molar refractivity (Wildman–Crippen MR) is 96.2 cm³/mol. The van der Waals surface area contributed by atoms with Crippen molar-refractivity contribution in [2.75, 3.05) is 0 Å². The first-order valence-corrected chi connectivity index (χ1v) is 9.89. The predicted octanol–water partition coefficient (Wildman–Crippen LogP) is 6.76. The molecule has 2 saturated carbocycles. The molecule has 2 fully saturated rings. The third-order valence-corrected chi connectivity index (χ3v) is 6.57. The summed E-state index contributed by atoms with van der Waals surface area (Å²) in [5, 5.41) is 0. The highest BCUT2D eigenvalue weighted by Crippen LogP contribution is 2.41. The highest BCUT2D eigenvalue weighted by Gasteiger charge is 2.28. The topological polar surface area (TPSA) is 0 Å². The standard InChI is InChI=1S/C22H33F/c1-16-14-17(2)21(22(23)15-16)13-10-18-8-11-20(12-9-18)19-6-4-3-5-7-19/h14-15,18-20H,3-13H2,1-2H3. The average Bonchev–Trinajstić information content (AvgIpc) is 2.55. The first-order chi connectivity index (χ1) is 11.1. The number of halogens is 1. The van der Waals surface area contributed by atoms with Gasteiger partial charge in [0.25, 0.3) is 0 Å². The summed E-state index contributed by atoms with van der Waals surface area (Å²) in [4.78, 5) is 0. The summed E-state index contributed by atoms with van der Waals surface area (Å²) in [6, 6.07) is 3.82. The van der Waals surface area contributed by atoms with Crippen LogP contribution >= 0.6 is 0 Å². The van der Waals surface area contributed by atoms with E-state index < -0.39 is 0 Å². The van der Waals surface area contributed by atoms with Crippen molar-refractivity contribution in [2.45, 2.75) is 84.5 Å². The lowest BCUT2D eigenvalue weighted by atomic mass is 9.70. The van der Waals surface area contributed by atoms with Gasteiger partial charge >= 0.3 is 0 Å². The van der Waals surface area contributed by atoms with E-state index in [0.29, 0.717) is 0 Å². The molecule has 0 aliphatic heterocycles. The smallest absolute Gasteiger partial charge is 0.126 e. The Morgan fingerprint density at radius 1 is 0.870 bits per heavy atom. The molecular formula is C22H33F. The first kappa shape index (κ1) is 17.0. The molecule has 0 saturated heterocycles. The zero-order valence-electron chi connectivity index (χ0n) is 15.0. The minimum absolute atomic E-state index is 0.0124. The van der Waals surface area contributed by atoms with Crippen LogP contribution in [0.4, 0.5) is 4.39 Å². The van der Waals surface area contributed by atoms with Crippen LogP contribution in [-0.2, 0) is 6.42 Å². The molecule has 3 rings (SSSR count). The molecular weight excluding hydrogens is 283 g/mol. The van der Waals surface area contributed by atoms with Crippen LogP contribution in [0.5, 0.6) is 0 Å². The normalized spacial score (nSPS) is 26.4. The van der Waals surface area contributed by atoms with Gasteiger partial charge in [0.05, 0.1) is 0 Å². The summed E-state index contributed by atoms with van der Waals surface area (Å²) in [5.74, 6) is 2.87. The fourth-order valence-electron chi connectivity index (χ4n) is 5.16. The Kier molecular flexibility index (Phi) is 5.77. The molecule has 2 aliphatic rings. The molecule has 2 aliphatic carbocycles. The van der Waals surface area contributed by atoms with Crippen molar-refractivity contribution in [1.29, 1.82) is 0 Å². The van der Waals surface area contributed by atoms with Gasteiger partial charge < -0.3 is 0 Å². The summed E-state index contributed by atoms with van der Waals surface area (Å²) in [6.45, 7) is 4.04. The van der Waals surface area contributed by atoms with Gasteiger partial charge in [-0.15, -0.1) is 0 Å². The minimum Gasteiger partial charge on any atom is -0.207 e. The largest absolute Gasteiger partial charge is 0.207 e. The van der Waals surface area contributed by atoms with Crippen molar-refractivity contribution in [2.24, 2.45) is 17.8 Å². The van der Waals surface area contributed by atoms with Gasteiger partial charge in [-0.3, -0.25) is 0 Å².